The van der Waals surface area contributed by atoms with Gasteiger partial charge in [0, 0.05) is 185 Å². The zero-order chi connectivity index (χ0) is 72.8. The minimum Gasteiger partial charge on any atom is -0.265 e. The second-order valence-corrected chi connectivity index (χ2v) is 22.9. The first-order valence-electron chi connectivity index (χ1n) is 33.3. The van der Waals surface area contributed by atoms with Crippen LogP contribution in [0, 0.1) is 55.4 Å². The molecule has 16 aromatic rings. The highest BCUT2D eigenvalue weighted by atomic mass is 14.9. The number of pyridine rings is 10. The maximum atomic E-state index is 4.33. The molecule has 16 rings (SSSR count). The number of aromatic nitrogens is 18. The van der Waals surface area contributed by atoms with E-state index < -0.39 is 0 Å². The molecule has 0 saturated heterocycles. The van der Waals surface area contributed by atoms with Crippen molar-refractivity contribution in [3.05, 3.63) is 375 Å². The lowest BCUT2D eigenvalue weighted by atomic mass is 10.1. The van der Waals surface area contributed by atoms with Gasteiger partial charge < -0.3 is 0 Å². The summed E-state index contributed by atoms with van der Waals surface area (Å²) in [5, 5.41) is 0. The van der Waals surface area contributed by atoms with E-state index in [2.05, 4.69) is 120 Å². The largest absolute Gasteiger partial charge is 0.265 e. The van der Waals surface area contributed by atoms with Crippen molar-refractivity contribution in [2.24, 2.45) is 0 Å². The number of benzene rings is 2. The van der Waals surface area contributed by atoms with Crippen molar-refractivity contribution < 1.29 is 0 Å². The molecule has 0 aliphatic heterocycles. The zero-order valence-electron chi connectivity index (χ0n) is 59.2. The van der Waals surface area contributed by atoms with Crippen LogP contribution in [0.4, 0.5) is 0 Å². The van der Waals surface area contributed by atoms with Gasteiger partial charge in [-0.3, -0.25) is 49.8 Å². The van der Waals surface area contributed by atoms with E-state index in [-0.39, 0.29) is 0 Å². The monoisotopic (exact) mass is 1360 g/mol. The first-order chi connectivity index (χ1) is 50.9. The van der Waals surface area contributed by atoms with E-state index in [0.29, 0.717) is 5.82 Å². The lowest BCUT2D eigenvalue weighted by Gasteiger charge is -2.00. The average Bonchev–Trinajstić information content (AvgIpc) is 0.964. The summed E-state index contributed by atoms with van der Waals surface area (Å²) in [6.45, 7) is 15.8. The van der Waals surface area contributed by atoms with E-state index in [1.807, 2.05) is 268 Å². The van der Waals surface area contributed by atoms with Crippen molar-refractivity contribution in [2.45, 2.75) is 55.4 Å². The molecule has 0 atom stereocenters. The van der Waals surface area contributed by atoms with Crippen LogP contribution in [-0.4, -0.2) is 89.7 Å². The molecule has 18 nitrogen and oxygen atoms in total. The molecule has 0 fully saturated rings. The second kappa shape index (κ2) is 41.0. The Morgan fingerprint density at radius 3 is 0.875 bits per heavy atom. The molecule has 0 spiro atoms. The van der Waals surface area contributed by atoms with E-state index >= 15 is 0 Å². The molecular weight excluding hydrogens is 1290 g/mol. The van der Waals surface area contributed by atoms with Gasteiger partial charge in [0.25, 0.3) is 0 Å². The molecule has 14 heterocycles. The summed E-state index contributed by atoms with van der Waals surface area (Å²) in [7, 11) is 0. The van der Waals surface area contributed by atoms with Crippen molar-refractivity contribution in [1.29, 1.82) is 0 Å². The molecule has 0 bridgehead atoms. The van der Waals surface area contributed by atoms with Gasteiger partial charge in [0.05, 0.1) is 5.69 Å². The SMILES string of the molecule is Cc1cc(-c2ccccc2)ccn1.Cc1cc(-c2ccccn2)ccn1.Cc1cc(-c2cccnc2)ccn1.Cc1cc(-c2ccncc2)ccn1.Cc1ccnc(-c2ccccc2)n1.Cc1ccnc(-c2ccccn2)n1.Cc1ccnc(-c2cccnc2)n1.Cc1ccnc(-c2ccncc2)n1. The van der Waals surface area contributed by atoms with Crippen LogP contribution in [0.5, 0.6) is 0 Å². The summed E-state index contributed by atoms with van der Waals surface area (Å²) in [4.78, 5) is 74.9. The van der Waals surface area contributed by atoms with Gasteiger partial charge in [-0.1, -0.05) is 78.9 Å². The maximum absolute atomic E-state index is 4.33. The van der Waals surface area contributed by atoms with Gasteiger partial charge in [-0.15, -0.1) is 0 Å². The molecule has 14 aromatic heterocycles. The third-order valence-electron chi connectivity index (χ3n) is 14.6. The molecule has 0 saturated carbocycles. The van der Waals surface area contributed by atoms with Crippen LogP contribution in [0.15, 0.2) is 330 Å². The first kappa shape index (κ1) is 74.5. The normalized spacial score (nSPS) is 9.92. The fraction of sp³-hybridized carbons (Fsp3) is 0.0930. The summed E-state index contributed by atoms with van der Waals surface area (Å²) in [6, 6.07) is 71.2. The molecule has 0 N–H and O–H groups in total. The number of hydrogen-bond acceptors (Lipinski definition) is 18. The number of aryl methyl sites for hydroxylation is 8. The molecule has 18 heteroatoms. The molecule has 0 amide bonds. The zero-order valence-corrected chi connectivity index (χ0v) is 59.2. The van der Waals surface area contributed by atoms with Gasteiger partial charge >= 0.3 is 0 Å². The molecule has 0 aliphatic rings. The Labute approximate surface area is 607 Å². The fourth-order valence-corrected chi connectivity index (χ4v) is 9.54. The molecule has 512 valence electrons. The third-order valence-corrected chi connectivity index (χ3v) is 14.6. The van der Waals surface area contributed by atoms with E-state index in [1.165, 1.54) is 27.8 Å². The van der Waals surface area contributed by atoms with Crippen molar-refractivity contribution in [2.75, 3.05) is 0 Å². The summed E-state index contributed by atoms with van der Waals surface area (Å²) in [5.41, 5.74) is 21.1. The van der Waals surface area contributed by atoms with Crippen LogP contribution < -0.4 is 0 Å². The topological polar surface area (TPSA) is 232 Å². The Balaban J connectivity index is 0.000000138. The van der Waals surface area contributed by atoms with Gasteiger partial charge in [-0.05, 0) is 223 Å². The Morgan fingerprint density at radius 2 is 0.471 bits per heavy atom. The summed E-state index contributed by atoms with van der Waals surface area (Å²) in [6.07, 6.45) is 32.1. The first-order valence-corrected chi connectivity index (χ1v) is 33.3. The van der Waals surface area contributed by atoms with Crippen LogP contribution in [0.2, 0.25) is 0 Å². The van der Waals surface area contributed by atoms with Gasteiger partial charge in [-0.25, -0.2) is 39.9 Å². The maximum Gasteiger partial charge on any atom is 0.178 e. The van der Waals surface area contributed by atoms with E-state index in [0.717, 1.165) is 102 Å². The third kappa shape index (κ3) is 25.5. The minimum absolute atomic E-state index is 0.681. The highest BCUT2D eigenvalue weighted by molar-refractivity contribution is 5.65. The van der Waals surface area contributed by atoms with E-state index in [1.54, 1.807) is 86.8 Å². The molecule has 104 heavy (non-hydrogen) atoms. The molecule has 0 unspecified atom stereocenters. The standard InChI is InChI=1S/C12H11N.4C11H10N2.3C10H9N3/c1-10-9-12(7-8-13-10)11-5-3-2-4-6-11;1-9-8-11(4-7-13-9)10-2-5-12-6-3-10;1-9-7-10(4-6-13-9)11-3-2-5-12-8-11;1-9-8-10(5-7-12-9)11-4-2-3-6-13-11;1-9-7-8-12-11(13-9)10-5-3-2-4-6-10;1-8-2-7-12-10(13-8)9-3-5-11-6-4-9;1-8-4-6-12-10(13-8)9-3-2-5-11-7-9;1-8-5-7-12-10(13-8)9-4-2-3-6-11-9/h2-9H,1H3;4*2-8H,1H3;3*2-7H,1H3. The van der Waals surface area contributed by atoms with Crippen molar-refractivity contribution in [3.63, 3.8) is 0 Å². The smallest absolute Gasteiger partial charge is 0.178 e. The van der Waals surface area contributed by atoms with Crippen LogP contribution >= 0.6 is 0 Å². The molecule has 0 radical (unpaired) electrons. The second-order valence-electron chi connectivity index (χ2n) is 22.9. The number of nitrogens with zero attached hydrogens (tertiary/aromatic N) is 18. The molecular formula is C86H78N18. The van der Waals surface area contributed by atoms with Crippen LogP contribution in [0.25, 0.3) is 90.3 Å². The Hall–Kier alpha value is -13.7. The van der Waals surface area contributed by atoms with E-state index in [4.69, 9.17) is 0 Å². The summed E-state index contributed by atoms with van der Waals surface area (Å²) >= 11 is 0. The van der Waals surface area contributed by atoms with Gasteiger partial charge in [0.2, 0.25) is 0 Å². The van der Waals surface area contributed by atoms with Gasteiger partial charge in [0.1, 0.15) is 5.69 Å². The quantitative estimate of drug-likeness (QED) is 0.138. The van der Waals surface area contributed by atoms with Crippen LogP contribution in [0.3, 0.4) is 0 Å². The van der Waals surface area contributed by atoms with Gasteiger partial charge in [-0.2, -0.15) is 0 Å². The number of hydrogen-bond donors (Lipinski definition) is 0. The fourth-order valence-electron chi connectivity index (χ4n) is 9.54. The molecule has 2 aromatic carbocycles. The van der Waals surface area contributed by atoms with Crippen molar-refractivity contribution in [3.8, 4) is 90.3 Å². The lowest BCUT2D eigenvalue weighted by Crippen LogP contribution is -1.91. The molecule has 0 aliphatic carbocycles. The Morgan fingerprint density at radius 1 is 0.163 bits per heavy atom. The average molecular weight is 1360 g/mol. The number of rotatable bonds is 8. The lowest BCUT2D eigenvalue weighted by molar-refractivity contribution is 1.09. The Bertz CT molecular complexity index is 4140. The summed E-state index contributed by atoms with van der Waals surface area (Å²) < 4.78 is 0. The van der Waals surface area contributed by atoms with Crippen molar-refractivity contribution >= 4 is 0 Å². The minimum atomic E-state index is 0.681. The predicted molar refractivity (Wildman–Crippen MR) is 413 cm³/mol. The van der Waals surface area contributed by atoms with Gasteiger partial charge in [0.15, 0.2) is 23.3 Å². The highest BCUT2D eigenvalue weighted by Gasteiger charge is 2.05. The van der Waals surface area contributed by atoms with Crippen molar-refractivity contribution in [1.82, 2.24) is 89.7 Å². The summed E-state index contributed by atoms with van der Waals surface area (Å²) in [5.74, 6) is 2.96. The Kier molecular flexibility index (Phi) is 29.3. The van der Waals surface area contributed by atoms with E-state index in [9.17, 15) is 0 Å². The predicted octanol–water partition coefficient (Wildman–Crippen LogP) is 18.4. The highest BCUT2D eigenvalue weighted by Crippen LogP contribution is 2.22. The van der Waals surface area contributed by atoms with Crippen LogP contribution in [-0.2, 0) is 0 Å². The van der Waals surface area contributed by atoms with Crippen LogP contribution in [0.1, 0.15) is 45.6 Å².